The van der Waals surface area contributed by atoms with Gasteiger partial charge in [0.15, 0.2) is 5.82 Å². The number of fused-ring (bicyclic) bond motifs is 4. The summed E-state index contributed by atoms with van der Waals surface area (Å²) in [6, 6.07) is 65.8. The molecule has 0 saturated heterocycles. The number of aryl methyl sites for hydroxylation is 1. The fourth-order valence-corrected chi connectivity index (χ4v) is 7.49. The first-order valence-corrected chi connectivity index (χ1v) is 18.5. The van der Waals surface area contributed by atoms with Gasteiger partial charge < -0.3 is 0 Å². The number of pyridine rings is 2. The summed E-state index contributed by atoms with van der Waals surface area (Å²) >= 11 is 0. The first kappa shape index (κ1) is 32.4. The normalized spacial score (nSPS) is 11.4. The molecule has 4 heteroatoms. The van der Waals surface area contributed by atoms with Crippen molar-refractivity contribution in [3.63, 3.8) is 0 Å². The predicted molar refractivity (Wildman–Crippen MR) is 227 cm³/mol. The fourth-order valence-electron chi connectivity index (χ4n) is 7.49. The Bertz CT molecular complexity index is 3010. The van der Waals surface area contributed by atoms with E-state index < -0.39 is 0 Å². The summed E-state index contributed by atoms with van der Waals surface area (Å²) in [5.74, 6) is 0.697. The summed E-state index contributed by atoms with van der Waals surface area (Å²) in [5.41, 5.74) is 14.2. The van der Waals surface area contributed by atoms with E-state index in [9.17, 15) is 0 Å². The van der Waals surface area contributed by atoms with Gasteiger partial charge in [-0.05, 0) is 64.2 Å². The van der Waals surface area contributed by atoms with Crippen LogP contribution < -0.4 is 0 Å². The molecule has 0 N–H and O–H groups in total. The number of hydrogen-bond acceptors (Lipinski definition) is 4. The number of rotatable bonds is 6. The van der Waals surface area contributed by atoms with Crippen molar-refractivity contribution in [2.75, 3.05) is 0 Å². The van der Waals surface area contributed by atoms with Crippen LogP contribution in [0.15, 0.2) is 188 Å². The predicted octanol–water partition coefficient (Wildman–Crippen LogP) is 13.0. The van der Waals surface area contributed by atoms with Gasteiger partial charge in [0.1, 0.15) is 0 Å². The quantitative estimate of drug-likeness (QED) is 0.162. The molecule has 258 valence electrons. The zero-order valence-corrected chi connectivity index (χ0v) is 30.2. The lowest BCUT2D eigenvalue weighted by molar-refractivity contribution is 1.18. The SMILES string of the molecule is Cc1cc(-c2ccc(-c3cc(-c4ccc(-c5ccccc5)cc4)nc(-c4ccccc4)n3)cc2)c2ccc3ccc(-c4ccc5ccccc5c4)nc3c2n1. The molecule has 0 bridgehead atoms. The first-order valence-electron chi connectivity index (χ1n) is 18.5. The van der Waals surface area contributed by atoms with Crippen LogP contribution in [0.2, 0.25) is 0 Å². The van der Waals surface area contributed by atoms with E-state index in [1.165, 1.54) is 21.9 Å². The van der Waals surface area contributed by atoms with Crippen LogP contribution in [0.3, 0.4) is 0 Å². The van der Waals surface area contributed by atoms with E-state index in [-0.39, 0.29) is 0 Å². The molecular weight excluding hydrogens is 669 g/mol. The van der Waals surface area contributed by atoms with E-state index in [1.54, 1.807) is 0 Å². The van der Waals surface area contributed by atoms with E-state index in [2.05, 4.69) is 171 Å². The monoisotopic (exact) mass is 702 g/mol. The Balaban J connectivity index is 1.03. The van der Waals surface area contributed by atoms with Crippen LogP contribution >= 0.6 is 0 Å². The van der Waals surface area contributed by atoms with Gasteiger partial charge in [-0.2, -0.15) is 0 Å². The average molecular weight is 703 g/mol. The van der Waals surface area contributed by atoms with Crippen molar-refractivity contribution in [3.05, 3.63) is 194 Å². The molecule has 55 heavy (non-hydrogen) atoms. The van der Waals surface area contributed by atoms with Gasteiger partial charge >= 0.3 is 0 Å². The van der Waals surface area contributed by atoms with Crippen LogP contribution in [0, 0.1) is 6.92 Å². The van der Waals surface area contributed by atoms with Crippen molar-refractivity contribution in [3.8, 4) is 67.4 Å². The molecular formula is C51H34N4. The van der Waals surface area contributed by atoms with Crippen LogP contribution in [0.25, 0.3) is 100.0 Å². The number of nitrogens with zero attached hydrogens (tertiary/aromatic N) is 4. The van der Waals surface area contributed by atoms with Gasteiger partial charge in [-0.15, -0.1) is 0 Å². The third-order valence-corrected chi connectivity index (χ3v) is 10.3. The lowest BCUT2D eigenvalue weighted by Crippen LogP contribution is -1.96. The van der Waals surface area contributed by atoms with Crippen molar-refractivity contribution in [1.82, 2.24) is 19.9 Å². The van der Waals surface area contributed by atoms with E-state index in [4.69, 9.17) is 19.9 Å². The third-order valence-electron chi connectivity index (χ3n) is 10.3. The summed E-state index contributed by atoms with van der Waals surface area (Å²) in [7, 11) is 0. The van der Waals surface area contributed by atoms with Crippen LogP contribution in [-0.2, 0) is 0 Å². The third kappa shape index (κ3) is 6.20. The van der Waals surface area contributed by atoms with E-state index in [0.29, 0.717) is 5.82 Å². The maximum atomic E-state index is 5.22. The average Bonchev–Trinajstić information content (AvgIpc) is 3.26. The van der Waals surface area contributed by atoms with Crippen molar-refractivity contribution < 1.29 is 0 Å². The Labute approximate surface area is 319 Å². The van der Waals surface area contributed by atoms with Crippen LogP contribution in [-0.4, -0.2) is 19.9 Å². The Morgan fingerprint density at radius 2 is 0.855 bits per heavy atom. The number of hydrogen-bond donors (Lipinski definition) is 0. The fraction of sp³-hybridized carbons (Fsp3) is 0.0196. The van der Waals surface area contributed by atoms with Gasteiger partial charge in [-0.25, -0.2) is 15.0 Å². The van der Waals surface area contributed by atoms with Crippen molar-refractivity contribution >= 4 is 32.6 Å². The maximum Gasteiger partial charge on any atom is 0.160 e. The van der Waals surface area contributed by atoms with Gasteiger partial charge in [0.05, 0.1) is 28.1 Å². The summed E-state index contributed by atoms with van der Waals surface area (Å²) in [4.78, 5) is 20.4. The van der Waals surface area contributed by atoms with E-state index >= 15 is 0 Å². The second-order valence-electron chi connectivity index (χ2n) is 14.0. The van der Waals surface area contributed by atoms with Crippen LogP contribution in [0.5, 0.6) is 0 Å². The highest BCUT2D eigenvalue weighted by atomic mass is 14.9. The van der Waals surface area contributed by atoms with Crippen molar-refractivity contribution in [1.29, 1.82) is 0 Å². The number of aromatic nitrogens is 4. The lowest BCUT2D eigenvalue weighted by Gasteiger charge is -2.13. The molecule has 4 nitrogen and oxygen atoms in total. The molecule has 0 aliphatic heterocycles. The van der Waals surface area contributed by atoms with Crippen LogP contribution in [0.4, 0.5) is 0 Å². The summed E-state index contributed by atoms with van der Waals surface area (Å²) in [6.07, 6.45) is 0. The zero-order valence-electron chi connectivity index (χ0n) is 30.2. The minimum Gasteiger partial charge on any atom is -0.251 e. The molecule has 3 aromatic heterocycles. The Morgan fingerprint density at radius 3 is 1.56 bits per heavy atom. The van der Waals surface area contributed by atoms with Gasteiger partial charge in [-0.1, -0.05) is 164 Å². The molecule has 0 radical (unpaired) electrons. The second kappa shape index (κ2) is 13.6. The van der Waals surface area contributed by atoms with Gasteiger partial charge in [-0.3, -0.25) is 4.98 Å². The molecule has 0 atom stereocenters. The van der Waals surface area contributed by atoms with Crippen molar-refractivity contribution in [2.24, 2.45) is 0 Å². The highest BCUT2D eigenvalue weighted by Gasteiger charge is 2.15. The molecule has 0 saturated carbocycles. The molecule has 7 aromatic carbocycles. The molecule has 10 aromatic rings. The summed E-state index contributed by atoms with van der Waals surface area (Å²) in [6.45, 7) is 2.06. The minimum atomic E-state index is 0.697. The van der Waals surface area contributed by atoms with E-state index in [1.807, 2.05) is 24.3 Å². The lowest BCUT2D eigenvalue weighted by atomic mass is 9.96. The Hall–Kier alpha value is -7.30. The highest BCUT2D eigenvalue weighted by molar-refractivity contribution is 6.09. The molecule has 3 heterocycles. The minimum absolute atomic E-state index is 0.697. The highest BCUT2D eigenvalue weighted by Crippen LogP contribution is 2.36. The topological polar surface area (TPSA) is 51.6 Å². The molecule has 10 rings (SSSR count). The zero-order chi connectivity index (χ0) is 36.7. The molecule has 0 aliphatic carbocycles. The second-order valence-corrected chi connectivity index (χ2v) is 14.0. The summed E-state index contributed by atoms with van der Waals surface area (Å²) < 4.78 is 0. The largest absolute Gasteiger partial charge is 0.251 e. The Kier molecular flexibility index (Phi) is 8.00. The molecule has 0 aliphatic rings. The maximum absolute atomic E-state index is 5.22. The number of benzene rings is 7. The smallest absolute Gasteiger partial charge is 0.160 e. The standard InChI is InChI=1S/C51H34N4/c1-33-30-45(44-28-26-40-27-29-46(53-49(40)50(44)52-33)43-25-18-35-12-8-9-15-42(35)31-43)37-19-23-39(24-20-37)48-32-47(54-51(55-48)41-13-6-3-7-14-41)38-21-16-36(17-22-38)34-10-4-2-5-11-34/h2-32H,1H3. The molecule has 0 spiro atoms. The Morgan fingerprint density at radius 1 is 0.309 bits per heavy atom. The van der Waals surface area contributed by atoms with Gasteiger partial charge in [0.25, 0.3) is 0 Å². The van der Waals surface area contributed by atoms with E-state index in [0.717, 1.165) is 78.0 Å². The van der Waals surface area contributed by atoms with Gasteiger partial charge in [0, 0.05) is 38.7 Å². The first-order chi connectivity index (χ1) is 27.1. The molecule has 0 amide bonds. The van der Waals surface area contributed by atoms with Gasteiger partial charge in [0.2, 0.25) is 0 Å². The van der Waals surface area contributed by atoms with Crippen LogP contribution in [0.1, 0.15) is 5.69 Å². The molecule has 0 fully saturated rings. The summed E-state index contributed by atoms with van der Waals surface area (Å²) in [5, 5.41) is 4.56. The van der Waals surface area contributed by atoms with Crippen molar-refractivity contribution in [2.45, 2.75) is 6.92 Å². The molecule has 0 unspecified atom stereocenters.